The lowest BCUT2D eigenvalue weighted by Gasteiger charge is -2.39. The number of thioether (sulfide) groups is 1. The molecule has 4 N–H and O–H groups in total. The molecule has 1 aromatic carbocycles. The van der Waals surface area contributed by atoms with Crippen LogP contribution in [0.3, 0.4) is 0 Å². The molecular weight excluding hydrogens is 370 g/mol. The average molecular weight is 393 g/mol. The number of aliphatic hydroxyl groups is 4. The van der Waals surface area contributed by atoms with Gasteiger partial charge < -0.3 is 29.9 Å². The number of hydrogen-bond donors (Lipinski definition) is 4. The van der Waals surface area contributed by atoms with Crippen LogP contribution in [0, 0.1) is 0 Å². The minimum atomic E-state index is -1.40. The maximum atomic E-state index is 10.2. The van der Waals surface area contributed by atoms with Crippen LogP contribution in [0.4, 0.5) is 0 Å². The van der Waals surface area contributed by atoms with Gasteiger partial charge in [-0.15, -0.1) is 11.8 Å². The van der Waals surface area contributed by atoms with Crippen molar-refractivity contribution in [3.63, 3.8) is 0 Å². The molecule has 146 valence electrons. The van der Waals surface area contributed by atoms with Gasteiger partial charge in [0, 0.05) is 18.2 Å². The topological polar surface area (TPSA) is 112 Å². The van der Waals surface area contributed by atoms with Gasteiger partial charge in [0.2, 0.25) is 5.88 Å². The van der Waals surface area contributed by atoms with Crippen molar-refractivity contribution < 1.29 is 29.9 Å². The largest absolute Gasteiger partial charge is 0.497 e. The highest BCUT2D eigenvalue weighted by molar-refractivity contribution is 8.00. The highest BCUT2D eigenvalue weighted by Gasteiger charge is 2.44. The second-order valence-corrected chi connectivity index (χ2v) is 7.65. The summed E-state index contributed by atoms with van der Waals surface area (Å²) >= 11 is 1.08. The molecule has 0 unspecified atom stereocenters. The summed E-state index contributed by atoms with van der Waals surface area (Å²) in [6.45, 7) is -0.337. The van der Waals surface area contributed by atoms with E-state index in [1.54, 1.807) is 19.4 Å². The van der Waals surface area contributed by atoms with Gasteiger partial charge in [-0.05, 0) is 23.8 Å². The number of pyridine rings is 1. The molecular formula is C19H23NO6S. The predicted molar refractivity (Wildman–Crippen MR) is 101 cm³/mol. The van der Waals surface area contributed by atoms with Gasteiger partial charge in [0.15, 0.2) is 5.44 Å². The average Bonchev–Trinajstić information content (AvgIpc) is 2.70. The second-order valence-electron chi connectivity index (χ2n) is 6.31. The summed E-state index contributed by atoms with van der Waals surface area (Å²) in [5.41, 5.74) is 0.996. The van der Waals surface area contributed by atoms with Crippen molar-refractivity contribution in [3.05, 3.63) is 53.7 Å². The number of benzene rings is 1. The number of aliphatic hydroxyl groups excluding tert-OH is 4. The zero-order valence-corrected chi connectivity index (χ0v) is 15.6. The van der Waals surface area contributed by atoms with Crippen LogP contribution in [-0.2, 0) is 6.42 Å². The predicted octanol–water partition coefficient (Wildman–Crippen LogP) is 0.576. The van der Waals surface area contributed by atoms with E-state index in [0.717, 1.165) is 28.6 Å². The van der Waals surface area contributed by atoms with Crippen LogP contribution in [-0.4, -0.2) is 68.1 Å². The van der Waals surface area contributed by atoms with Crippen molar-refractivity contribution >= 4 is 11.8 Å². The molecule has 2 aromatic rings. The Balaban J connectivity index is 1.77. The minimum Gasteiger partial charge on any atom is -0.497 e. The SMILES string of the molecule is COc1ccc(Cc2cccnc2O[C@@H]2S[C@H](CO)[C@@H](O)[C@H](O)[C@H]2O)cc1. The normalized spacial score (nSPS) is 28.0. The Kier molecular flexibility index (Phi) is 6.56. The Morgan fingerprint density at radius 2 is 1.78 bits per heavy atom. The van der Waals surface area contributed by atoms with Gasteiger partial charge in [0.05, 0.1) is 25.1 Å². The van der Waals surface area contributed by atoms with Crippen molar-refractivity contribution in [2.45, 2.75) is 35.4 Å². The van der Waals surface area contributed by atoms with E-state index in [0.29, 0.717) is 12.3 Å². The molecule has 0 saturated carbocycles. The van der Waals surface area contributed by atoms with Crippen LogP contribution < -0.4 is 9.47 Å². The van der Waals surface area contributed by atoms with E-state index in [4.69, 9.17) is 9.47 Å². The van der Waals surface area contributed by atoms with Crippen molar-refractivity contribution in [1.29, 1.82) is 0 Å². The van der Waals surface area contributed by atoms with E-state index in [2.05, 4.69) is 4.98 Å². The molecule has 8 heteroatoms. The molecule has 0 radical (unpaired) electrons. The molecule has 0 spiro atoms. The van der Waals surface area contributed by atoms with Gasteiger partial charge in [-0.1, -0.05) is 18.2 Å². The maximum absolute atomic E-state index is 10.2. The lowest BCUT2D eigenvalue weighted by Crippen LogP contribution is -2.55. The standard InChI is InChI=1S/C19H23NO6S/c1-25-13-6-4-11(5-7-13)9-12-3-2-8-20-18(12)26-19-17(24)16(23)15(22)14(10-21)27-19/h2-8,14-17,19,21-24H,9-10H2,1H3/t14-,15-,16+,17-,19-/m1/s1. The molecule has 1 saturated heterocycles. The molecule has 1 aliphatic rings. The van der Waals surface area contributed by atoms with Crippen molar-refractivity contribution in [3.8, 4) is 11.6 Å². The number of rotatable bonds is 6. The summed E-state index contributed by atoms with van der Waals surface area (Å²) < 4.78 is 11.0. The van der Waals surface area contributed by atoms with E-state index in [-0.39, 0.29) is 6.61 Å². The molecule has 0 bridgehead atoms. The molecule has 0 amide bonds. The molecule has 7 nitrogen and oxygen atoms in total. The molecule has 1 fully saturated rings. The Hall–Kier alpha value is -1.84. The first-order valence-electron chi connectivity index (χ1n) is 8.57. The molecule has 27 heavy (non-hydrogen) atoms. The van der Waals surface area contributed by atoms with E-state index < -0.39 is 29.0 Å². The van der Waals surface area contributed by atoms with Gasteiger partial charge in [-0.2, -0.15) is 0 Å². The van der Waals surface area contributed by atoms with Gasteiger partial charge in [0.25, 0.3) is 0 Å². The van der Waals surface area contributed by atoms with Crippen LogP contribution in [0.2, 0.25) is 0 Å². The third-order valence-electron chi connectivity index (χ3n) is 4.48. The summed E-state index contributed by atoms with van der Waals surface area (Å²) in [6, 6.07) is 11.3. The molecule has 3 rings (SSSR count). The van der Waals surface area contributed by atoms with E-state index in [9.17, 15) is 20.4 Å². The molecule has 1 aromatic heterocycles. The van der Waals surface area contributed by atoms with Crippen LogP contribution in [0.25, 0.3) is 0 Å². The fraction of sp³-hybridized carbons (Fsp3) is 0.421. The quantitative estimate of drug-likeness (QED) is 0.564. The van der Waals surface area contributed by atoms with E-state index >= 15 is 0 Å². The van der Waals surface area contributed by atoms with E-state index in [1.165, 1.54) is 0 Å². The smallest absolute Gasteiger partial charge is 0.218 e. The van der Waals surface area contributed by atoms with E-state index in [1.807, 2.05) is 30.3 Å². The third-order valence-corrected chi connectivity index (χ3v) is 5.90. The van der Waals surface area contributed by atoms with Gasteiger partial charge in [-0.3, -0.25) is 0 Å². The zero-order chi connectivity index (χ0) is 19.4. The Bertz CT molecular complexity index is 741. The number of nitrogens with zero attached hydrogens (tertiary/aromatic N) is 1. The zero-order valence-electron chi connectivity index (χ0n) is 14.8. The summed E-state index contributed by atoms with van der Waals surface area (Å²) in [7, 11) is 1.61. The van der Waals surface area contributed by atoms with Crippen molar-refractivity contribution in [2.75, 3.05) is 13.7 Å². The van der Waals surface area contributed by atoms with Crippen molar-refractivity contribution in [1.82, 2.24) is 4.98 Å². The van der Waals surface area contributed by atoms with Crippen molar-refractivity contribution in [2.24, 2.45) is 0 Å². The minimum absolute atomic E-state index is 0.337. The van der Waals surface area contributed by atoms with Crippen LogP contribution in [0.15, 0.2) is 42.6 Å². The Labute approximate surface area is 161 Å². The first-order valence-corrected chi connectivity index (χ1v) is 9.51. The Morgan fingerprint density at radius 3 is 2.44 bits per heavy atom. The van der Waals surface area contributed by atoms with Gasteiger partial charge in [-0.25, -0.2) is 4.98 Å². The molecule has 1 aliphatic heterocycles. The molecule has 5 atom stereocenters. The molecule has 0 aliphatic carbocycles. The van der Waals surface area contributed by atoms with Gasteiger partial charge >= 0.3 is 0 Å². The second kappa shape index (κ2) is 8.90. The van der Waals surface area contributed by atoms with Crippen LogP contribution in [0.1, 0.15) is 11.1 Å². The summed E-state index contributed by atoms with van der Waals surface area (Å²) in [4.78, 5) is 4.25. The highest BCUT2D eigenvalue weighted by Crippen LogP contribution is 2.34. The lowest BCUT2D eigenvalue weighted by atomic mass is 10.0. The summed E-state index contributed by atoms with van der Waals surface area (Å²) in [5.74, 6) is 1.11. The number of ether oxygens (including phenoxy) is 2. The Morgan fingerprint density at radius 1 is 1.04 bits per heavy atom. The number of aromatic nitrogens is 1. The summed E-state index contributed by atoms with van der Waals surface area (Å²) in [6.07, 6.45) is -1.78. The highest BCUT2D eigenvalue weighted by atomic mass is 32.2. The maximum Gasteiger partial charge on any atom is 0.218 e. The fourth-order valence-electron chi connectivity index (χ4n) is 2.90. The fourth-order valence-corrected chi connectivity index (χ4v) is 4.12. The number of hydrogen-bond acceptors (Lipinski definition) is 8. The summed E-state index contributed by atoms with van der Waals surface area (Å²) in [5, 5.41) is 38.9. The monoisotopic (exact) mass is 393 g/mol. The lowest BCUT2D eigenvalue weighted by molar-refractivity contribution is -0.0915. The van der Waals surface area contributed by atoms with Crippen LogP contribution >= 0.6 is 11.8 Å². The molecule has 2 heterocycles. The first kappa shape index (κ1) is 19.9. The third kappa shape index (κ3) is 4.53. The van der Waals surface area contributed by atoms with Gasteiger partial charge in [0.1, 0.15) is 18.0 Å². The van der Waals surface area contributed by atoms with Crippen LogP contribution in [0.5, 0.6) is 11.6 Å². The number of methoxy groups -OCH3 is 1. The first-order chi connectivity index (χ1) is 13.0.